The van der Waals surface area contributed by atoms with E-state index >= 15 is 0 Å². The molecule has 0 unspecified atom stereocenters. The van der Waals surface area contributed by atoms with Crippen LogP contribution in [-0.2, 0) is 9.78 Å². The molecule has 0 aliphatic heterocycles. The second-order valence-corrected chi connectivity index (χ2v) is 4.29. The van der Waals surface area contributed by atoms with E-state index in [0.717, 1.165) is 5.56 Å². The molecule has 0 bridgehead atoms. The second kappa shape index (κ2) is 5.69. The van der Waals surface area contributed by atoms with Crippen molar-refractivity contribution in [2.24, 2.45) is 0 Å². The summed E-state index contributed by atoms with van der Waals surface area (Å²) in [5.74, 6) is 0. The summed E-state index contributed by atoms with van der Waals surface area (Å²) in [6.07, 6.45) is 3.94. The molecule has 2 heteroatoms. The molecule has 0 saturated carbocycles. The van der Waals surface area contributed by atoms with Crippen LogP contribution in [-0.4, -0.2) is 12.2 Å². The van der Waals surface area contributed by atoms with Crippen molar-refractivity contribution in [3.8, 4) is 0 Å². The molecule has 2 nitrogen and oxygen atoms in total. The van der Waals surface area contributed by atoms with Crippen LogP contribution in [0.2, 0.25) is 0 Å². The van der Waals surface area contributed by atoms with Crippen molar-refractivity contribution in [3.05, 3.63) is 42.0 Å². The number of benzene rings is 1. The Morgan fingerprint density at radius 1 is 1.13 bits per heavy atom. The van der Waals surface area contributed by atoms with E-state index in [-0.39, 0.29) is 5.60 Å². The molecule has 1 aromatic rings. The quantitative estimate of drug-likeness (QED) is 0.427. The first-order chi connectivity index (χ1) is 7.08. The SMILES string of the molecule is CC(C)(C)OOC/C=C/c1ccccc1. The second-order valence-electron chi connectivity index (χ2n) is 4.29. The van der Waals surface area contributed by atoms with Crippen LogP contribution in [0.5, 0.6) is 0 Å². The third-order valence-electron chi connectivity index (χ3n) is 1.58. The normalized spacial score (nSPS) is 12.2. The summed E-state index contributed by atoms with van der Waals surface area (Å²) in [7, 11) is 0. The average molecular weight is 206 g/mol. The summed E-state index contributed by atoms with van der Waals surface area (Å²) in [6.45, 7) is 6.32. The largest absolute Gasteiger partial charge is 0.232 e. The molecule has 0 fully saturated rings. The Labute approximate surface area is 91.5 Å². The molecule has 0 radical (unpaired) electrons. The van der Waals surface area contributed by atoms with Gasteiger partial charge < -0.3 is 0 Å². The lowest BCUT2D eigenvalue weighted by molar-refractivity contribution is -0.341. The highest BCUT2D eigenvalue weighted by Gasteiger charge is 2.10. The molecule has 0 spiro atoms. The topological polar surface area (TPSA) is 18.5 Å². The molecule has 1 rings (SSSR count). The minimum absolute atomic E-state index is 0.249. The summed E-state index contributed by atoms with van der Waals surface area (Å²) in [5, 5.41) is 0. The fraction of sp³-hybridized carbons (Fsp3) is 0.385. The lowest BCUT2D eigenvalue weighted by atomic mass is 10.2. The zero-order chi connectivity index (χ0) is 11.1. The minimum atomic E-state index is -0.249. The Kier molecular flexibility index (Phi) is 4.53. The maximum Gasteiger partial charge on any atom is 0.101 e. The van der Waals surface area contributed by atoms with Crippen LogP contribution in [0.1, 0.15) is 26.3 Å². The molecule has 0 N–H and O–H groups in total. The smallest absolute Gasteiger partial charge is 0.101 e. The molecule has 82 valence electrons. The van der Waals surface area contributed by atoms with Gasteiger partial charge in [0.2, 0.25) is 0 Å². The molecular formula is C13H18O2. The first-order valence-corrected chi connectivity index (χ1v) is 5.10. The lowest BCUT2D eigenvalue weighted by Gasteiger charge is -2.16. The van der Waals surface area contributed by atoms with E-state index in [1.54, 1.807) is 0 Å². The highest BCUT2D eigenvalue weighted by molar-refractivity contribution is 5.48. The van der Waals surface area contributed by atoms with E-state index in [0.29, 0.717) is 6.61 Å². The van der Waals surface area contributed by atoms with Crippen LogP contribution in [0.3, 0.4) is 0 Å². The van der Waals surface area contributed by atoms with Crippen molar-refractivity contribution in [3.63, 3.8) is 0 Å². The van der Waals surface area contributed by atoms with Crippen molar-refractivity contribution < 1.29 is 9.78 Å². The van der Waals surface area contributed by atoms with Crippen LogP contribution >= 0.6 is 0 Å². The molecule has 0 aromatic heterocycles. The Hall–Kier alpha value is -1.12. The summed E-state index contributed by atoms with van der Waals surface area (Å²) < 4.78 is 0. The summed E-state index contributed by atoms with van der Waals surface area (Å²) in [5.41, 5.74) is 0.914. The highest BCUT2D eigenvalue weighted by Crippen LogP contribution is 2.07. The lowest BCUT2D eigenvalue weighted by Crippen LogP contribution is -2.19. The van der Waals surface area contributed by atoms with Crippen molar-refractivity contribution in [1.29, 1.82) is 0 Å². The fourth-order valence-electron chi connectivity index (χ4n) is 0.998. The van der Waals surface area contributed by atoms with Crippen LogP contribution in [0.25, 0.3) is 6.08 Å². The van der Waals surface area contributed by atoms with Gasteiger partial charge in [0.05, 0.1) is 5.60 Å². The van der Waals surface area contributed by atoms with Gasteiger partial charge in [0.25, 0.3) is 0 Å². The van der Waals surface area contributed by atoms with E-state index < -0.39 is 0 Å². The van der Waals surface area contributed by atoms with E-state index in [4.69, 9.17) is 9.78 Å². The van der Waals surface area contributed by atoms with Crippen LogP contribution < -0.4 is 0 Å². The third kappa shape index (κ3) is 6.05. The van der Waals surface area contributed by atoms with Gasteiger partial charge >= 0.3 is 0 Å². The zero-order valence-electron chi connectivity index (χ0n) is 9.57. The third-order valence-corrected chi connectivity index (χ3v) is 1.58. The average Bonchev–Trinajstić information content (AvgIpc) is 2.17. The van der Waals surface area contributed by atoms with Gasteiger partial charge in [-0.3, -0.25) is 0 Å². The molecule has 0 atom stereocenters. The van der Waals surface area contributed by atoms with Crippen LogP contribution in [0, 0.1) is 0 Å². The fourth-order valence-corrected chi connectivity index (χ4v) is 0.998. The van der Waals surface area contributed by atoms with Gasteiger partial charge in [0.15, 0.2) is 0 Å². The van der Waals surface area contributed by atoms with Crippen molar-refractivity contribution >= 4 is 6.08 Å². The zero-order valence-corrected chi connectivity index (χ0v) is 9.57. The molecule has 0 aliphatic rings. The van der Waals surface area contributed by atoms with Gasteiger partial charge in [-0.15, -0.1) is 0 Å². The first kappa shape index (κ1) is 12.0. The van der Waals surface area contributed by atoms with Crippen LogP contribution in [0.15, 0.2) is 36.4 Å². The Morgan fingerprint density at radius 3 is 2.40 bits per heavy atom. The van der Waals surface area contributed by atoms with E-state index in [9.17, 15) is 0 Å². The predicted octanol–water partition coefficient (Wildman–Crippen LogP) is 3.45. The van der Waals surface area contributed by atoms with Crippen molar-refractivity contribution in [1.82, 2.24) is 0 Å². The Bertz CT molecular complexity index is 296. The van der Waals surface area contributed by atoms with E-state index in [1.165, 1.54) is 0 Å². The van der Waals surface area contributed by atoms with Crippen molar-refractivity contribution in [2.75, 3.05) is 6.61 Å². The predicted molar refractivity (Wildman–Crippen MR) is 62.3 cm³/mol. The highest BCUT2D eigenvalue weighted by atomic mass is 17.2. The number of rotatable bonds is 4. The molecule has 1 aromatic carbocycles. The molecular weight excluding hydrogens is 188 g/mol. The van der Waals surface area contributed by atoms with Crippen LogP contribution in [0.4, 0.5) is 0 Å². The Morgan fingerprint density at radius 2 is 1.80 bits per heavy atom. The minimum Gasteiger partial charge on any atom is -0.232 e. The van der Waals surface area contributed by atoms with Gasteiger partial charge in [-0.05, 0) is 26.3 Å². The van der Waals surface area contributed by atoms with Gasteiger partial charge in [-0.1, -0.05) is 42.5 Å². The summed E-state index contributed by atoms with van der Waals surface area (Å²) >= 11 is 0. The van der Waals surface area contributed by atoms with E-state index in [2.05, 4.69) is 0 Å². The standard InChI is InChI=1S/C13H18O2/c1-13(2,3)15-14-11-7-10-12-8-5-4-6-9-12/h4-10H,11H2,1-3H3/b10-7+. The van der Waals surface area contributed by atoms with Crippen molar-refractivity contribution in [2.45, 2.75) is 26.4 Å². The van der Waals surface area contributed by atoms with Gasteiger partial charge in [-0.25, -0.2) is 9.78 Å². The maximum absolute atomic E-state index is 5.12. The van der Waals surface area contributed by atoms with Gasteiger partial charge in [0, 0.05) is 0 Å². The molecule has 15 heavy (non-hydrogen) atoms. The first-order valence-electron chi connectivity index (χ1n) is 5.10. The molecule has 0 aliphatic carbocycles. The van der Waals surface area contributed by atoms with E-state index in [1.807, 2.05) is 63.3 Å². The van der Waals surface area contributed by atoms with Gasteiger partial charge in [-0.2, -0.15) is 0 Å². The summed E-state index contributed by atoms with van der Waals surface area (Å²) in [4.78, 5) is 10.1. The molecule has 0 amide bonds. The molecule has 0 saturated heterocycles. The molecule has 0 heterocycles. The summed E-state index contributed by atoms with van der Waals surface area (Å²) in [6, 6.07) is 10.1. The maximum atomic E-state index is 5.12. The number of hydrogen-bond acceptors (Lipinski definition) is 2. The van der Waals surface area contributed by atoms with Gasteiger partial charge in [0.1, 0.15) is 6.61 Å². The monoisotopic (exact) mass is 206 g/mol. The Balaban J connectivity index is 2.24. The number of hydrogen-bond donors (Lipinski definition) is 0.